The molecule has 0 unspecified atom stereocenters. The average molecular weight is 422 g/mol. The molecule has 2 N–H and O–H groups in total. The van der Waals surface area contributed by atoms with Gasteiger partial charge in [0.15, 0.2) is 5.76 Å². The van der Waals surface area contributed by atoms with Crippen molar-refractivity contribution in [1.82, 2.24) is 0 Å². The van der Waals surface area contributed by atoms with E-state index in [0.717, 1.165) is 18.6 Å². The summed E-state index contributed by atoms with van der Waals surface area (Å²) in [6.07, 6.45) is 4.42. The first-order valence-electron chi connectivity index (χ1n) is 10.2. The topological polar surface area (TPSA) is 71.3 Å². The van der Waals surface area contributed by atoms with Gasteiger partial charge < -0.3 is 15.1 Å². The molecule has 1 aliphatic carbocycles. The Balaban J connectivity index is 1.61. The smallest absolute Gasteiger partial charge is 0.418 e. The number of hydrogen-bond donors (Lipinski definition) is 2. The molecule has 162 valence electrons. The van der Waals surface area contributed by atoms with E-state index in [1.807, 2.05) is 0 Å². The number of hydrogen-bond acceptors (Lipinski definition) is 3. The van der Waals surface area contributed by atoms with Gasteiger partial charge in [0.05, 0.1) is 17.5 Å². The van der Waals surface area contributed by atoms with Crippen molar-refractivity contribution in [3.8, 4) is 0 Å². The third kappa shape index (κ3) is 6.11. The molecule has 2 aromatic rings. The Hall–Kier alpha value is -2.77. The van der Waals surface area contributed by atoms with Crippen LogP contribution >= 0.6 is 0 Å². The van der Waals surface area contributed by atoms with Gasteiger partial charge in [0, 0.05) is 12.1 Å². The van der Waals surface area contributed by atoms with Gasteiger partial charge in [0.1, 0.15) is 0 Å². The second-order valence-corrected chi connectivity index (χ2v) is 7.63. The lowest BCUT2D eigenvalue weighted by atomic mass is 9.86. The van der Waals surface area contributed by atoms with Gasteiger partial charge in [0.25, 0.3) is 5.91 Å². The molecule has 1 fully saturated rings. The maximum Gasteiger partial charge on any atom is 0.418 e. The molecular formula is C22H25F3N2O3. The zero-order valence-corrected chi connectivity index (χ0v) is 16.6. The highest BCUT2D eigenvalue weighted by molar-refractivity contribution is 6.02. The second-order valence-electron chi connectivity index (χ2n) is 7.63. The van der Waals surface area contributed by atoms with Gasteiger partial charge in [-0.1, -0.05) is 32.1 Å². The number of rotatable bonds is 7. The summed E-state index contributed by atoms with van der Waals surface area (Å²) < 4.78 is 45.4. The average Bonchev–Trinajstić information content (AvgIpc) is 3.24. The van der Waals surface area contributed by atoms with Crippen molar-refractivity contribution in [3.05, 3.63) is 47.9 Å². The van der Waals surface area contributed by atoms with Crippen molar-refractivity contribution in [2.24, 2.45) is 5.92 Å². The monoisotopic (exact) mass is 422 g/mol. The zero-order chi connectivity index (χ0) is 21.6. The molecule has 8 heteroatoms. The highest BCUT2D eigenvalue weighted by Crippen LogP contribution is 2.37. The number of carbonyl (C=O) groups is 2. The highest BCUT2D eigenvalue weighted by Gasteiger charge is 2.34. The number of anilines is 2. The van der Waals surface area contributed by atoms with Gasteiger partial charge in [-0.15, -0.1) is 0 Å². The Morgan fingerprint density at radius 1 is 1.07 bits per heavy atom. The van der Waals surface area contributed by atoms with E-state index in [1.54, 1.807) is 0 Å². The molecule has 0 bridgehead atoms. The summed E-state index contributed by atoms with van der Waals surface area (Å²) in [6.45, 7) is 0. The molecule has 1 saturated carbocycles. The standard InChI is InChI=1S/C22H25F3N2O3/c23-22(24,25)17-14-16(26-21(29)19-9-5-13-30-19)11-12-18(17)27-20(28)10-4-8-15-6-2-1-3-7-15/h5,9,11-15H,1-4,6-8,10H2,(H,26,29)(H,27,28). The Labute approximate surface area is 173 Å². The lowest BCUT2D eigenvalue weighted by molar-refractivity contribution is -0.136. The van der Waals surface area contributed by atoms with Crippen LogP contribution in [0.5, 0.6) is 0 Å². The van der Waals surface area contributed by atoms with Crippen LogP contribution in [0.3, 0.4) is 0 Å². The van der Waals surface area contributed by atoms with Crippen LogP contribution in [0.2, 0.25) is 0 Å². The molecule has 0 aliphatic heterocycles. The third-order valence-electron chi connectivity index (χ3n) is 5.34. The summed E-state index contributed by atoms with van der Waals surface area (Å²) in [6, 6.07) is 6.18. The number of benzene rings is 1. The van der Waals surface area contributed by atoms with Crippen molar-refractivity contribution in [2.75, 3.05) is 10.6 Å². The quantitative estimate of drug-likeness (QED) is 0.555. The zero-order valence-electron chi connectivity index (χ0n) is 16.6. The molecule has 1 aromatic carbocycles. The molecule has 1 aromatic heterocycles. The lowest BCUT2D eigenvalue weighted by Gasteiger charge is -2.21. The van der Waals surface area contributed by atoms with E-state index in [2.05, 4.69) is 10.6 Å². The van der Waals surface area contributed by atoms with E-state index >= 15 is 0 Å². The van der Waals surface area contributed by atoms with Gasteiger partial charge in [-0.05, 0) is 49.1 Å². The normalized spacial score (nSPS) is 15.0. The van der Waals surface area contributed by atoms with Crippen LogP contribution < -0.4 is 10.6 Å². The Morgan fingerprint density at radius 2 is 1.83 bits per heavy atom. The number of amides is 2. The fraction of sp³-hybridized carbons (Fsp3) is 0.455. The molecule has 1 aliphatic rings. The van der Waals surface area contributed by atoms with Crippen molar-refractivity contribution in [2.45, 2.75) is 57.5 Å². The van der Waals surface area contributed by atoms with Crippen LogP contribution in [0, 0.1) is 5.92 Å². The third-order valence-corrected chi connectivity index (χ3v) is 5.34. The lowest BCUT2D eigenvalue weighted by Crippen LogP contribution is -2.18. The SMILES string of the molecule is O=C(CCCC1CCCCC1)Nc1ccc(NC(=O)c2ccco2)cc1C(F)(F)F. The summed E-state index contributed by atoms with van der Waals surface area (Å²) >= 11 is 0. The maximum atomic E-state index is 13.5. The summed E-state index contributed by atoms with van der Waals surface area (Å²) in [4.78, 5) is 24.2. The number of furan rings is 1. The fourth-order valence-corrected chi connectivity index (χ4v) is 3.81. The van der Waals surface area contributed by atoms with E-state index in [1.165, 1.54) is 56.6 Å². The molecule has 0 spiro atoms. The second kappa shape index (κ2) is 9.82. The first-order chi connectivity index (χ1) is 14.3. The Bertz CT molecular complexity index is 857. The maximum absolute atomic E-state index is 13.5. The Kier molecular flexibility index (Phi) is 7.18. The number of halogens is 3. The Morgan fingerprint density at radius 3 is 2.50 bits per heavy atom. The molecule has 5 nitrogen and oxygen atoms in total. The molecule has 30 heavy (non-hydrogen) atoms. The minimum absolute atomic E-state index is 0.0149. The van der Waals surface area contributed by atoms with Gasteiger partial charge in [-0.2, -0.15) is 13.2 Å². The highest BCUT2D eigenvalue weighted by atomic mass is 19.4. The van der Waals surface area contributed by atoms with Crippen LogP contribution in [-0.4, -0.2) is 11.8 Å². The molecule has 0 atom stereocenters. The van der Waals surface area contributed by atoms with E-state index in [4.69, 9.17) is 4.42 Å². The van der Waals surface area contributed by atoms with Crippen LogP contribution in [0.4, 0.5) is 24.5 Å². The fourth-order valence-electron chi connectivity index (χ4n) is 3.81. The molecule has 0 radical (unpaired) electrons. The summed E-state index contributed by atoms with van der Waals surface area (Å²) in [5, 5.41) is 4.74. The predicted octanol–water partition coefficient (Wildman–Crippen LogP) is 6.24. The molecular weight excluding hydrogens is 397 g/mol. The first-order valence-corrected chi connectivity index (χ1v) is 10.2. The summed E-state index contributed by atoms with van der Waals surface area (Å²) in [7, 11) is 0. The van der Waals surface area contributed by atoms with Crippen molar-refractivity contribution in [1.29, 1.82) is 0 Å². The van der Waals surface area contributed by atoms with E-state index in [0.29, 0.717) is 12.3 Å². The molecule has 1 heterocycles. The minimum Gasteiger partial charge on any atom is -0.459 e. The van der Waals surface area contributed by atoms with Crippen molar-refractivity contribution < 1.29 is 27.2 Å². The van der Waals surface area contributed by atoms with E-state index < -0.39 is 23.6 Å². The number of alkyl halides is 3. The van der Waals surface area contributed by atoms with Crippen molar-refractivity contribution >= 4 is 23.2 Å². The summed E-state index contributed by atoms with van der Waals surface area (Å²) in [5.41, 5.74) is -1.37. The van der Waals surface area contributed by atoms with Gasteiger partial charge in [-0.25, -0.2) is 0 Å². The van der Waals surface area contributed by atoms with Crippen LogP contribution in [0.15, 0.2) is 41.0 Å². The van der Waals surface area contributed by atoms with E-state index in [-0.39, 0.29) is 23.6 Å². The molecule has 0 saturated heterocycles. The number of carbonyl (C=O) groups excluding carboxylic acids is 2. The summed E-state index contributed by atoms with van der Waals surface area (Å²) in [5.74, 6) is -0.496. The van der Waals surface area contributed by atoms with Crippen LogP contribution in [0.25, 0.3) is 0 Å². The minimum atomic E-state index is -4.68. The van der Waals surface area contributed by atoms with Crippen molar-refractivity contribution in [3.63, 3.8) is 0 Å². The van der Waals surface area contributed by atoms with Crippen LogP contribution in [-0.2, 0) is 11.0 Å². The predicted molar refractivity (Wildman–Crippen MR) is 107 cm³/mol. The number of nitrogens with one attached hydrogen (secondary N) is 2. The van der Waals surface area contributed by atoms with Crippen LogP contribution in [0.1, 0.15) is 67.5 Å². The van der Waals surface area contributed by atoms with Gasteiger partial charge in [-0.3, -0.25) is 9.59 Å². The van der Waals surface area contributed by atoms with E-state index in [9.17, 15) is 22.8 Å². The molecule has 2 amide bonds. The largest absolute Gasteiger partial charge is 0.459 e. The first kappa shape index (κ1) is 21.9. The van der Waals surface area contributed by atoms with Gasteiger partial charge in [0.2, 0.25) is 5.91 Å². The van der Waals surface area contributed by atoms with Gasteiger partial charge >= 0.3 is 6.18 Å². The molecule has 3 rings (SSSR count).